The van der Waals surface area contributed by atoms with Gasteiger partial charge >= 0.3 is 12.1 Å². The molecule has 0 unspecified atom stereocenters. The van der Waals surface area contributed by atoms with Gasteiger partial charge in [-0.25, -0.2) is 0 Å². The van der Waals surface area contributed by atoms with Gasteiger partial charge in [-0.1, -0.05) is 12.2 Å². The molecule has 0 N–H and O–H groups in total. The van der Waals surface area contributed by atoms with E-state index in [1.165, 1.54) is 31.4 Å². The number of carbonyl (C=O) groups excluding carboxylic acids is 3. The SMILES string of the molecule is COc1ccc(N(CN2C(=O)[C@@H]3[C@H]4C=C[C@@H]([C@@H]5C[C@@H]45)[C@H]3C2=O)C(=O)C(F)(F)F)cc1. The summed E-state index contributed by atoms with van der Waals surface area (Å²) in [7, 11) is 1.41. The predicted molar refractivity (Wildman–Crippen MR) is 98.0 cm³/mol. The lowest BCUT2D eigenvalue weighted by Crippen LogP contribution is -2.49. The first-order chi connectivity index (χ1) is 14.2. The maximum Gasteiger partial charge on any atom is 0.471 e. The van der Waals surface area contributed by atoms with Crippen LogP contribution in [0.1, 0.15) is 6.42 Å². The van der Waals surface area contributed by atoms with Crippen LogP contribution in [0.4, 0.5) is 18.9 Å². The number of methoxy groups -OCH3 is 1. The number of nitrogens with zero attached hydrogens (tertiary/aromatic N) is 2. The first-order valence-corrected chi connectivity index (χ1v) is 9.78. The number of halogens is 3. The van der Waals surface area contributed by atoms with Crippen molar-refractivity contribution in [2.75, 3.05) is 18.7 Å². The van der Waals surface area contributed by atoms with Gasteiger partial charge in [-0.05, 0) is 54.4 Å². The Kier molecular flexibility index (Phi) is 4.04. The van der Waals surface area contributed by atoms with Crippen molar-refractivity contribution in [2.45, 2.75) is 12.6 Å². The number of benzene rings is 1. The topological polar surface area (TPSA) is 66.9 Å². The molecule has 30 heavy (non-hydrogen) atoms. The van der Waals surface area contributed by atoms with Gasteiger partial charge in [0.2, 0.25) is 11.8 Å². The van der Waals surface area contributed by atoms with Gasteiger partial charge in [0, 0.05) is 5.69 Å². The zero-order valence-electron chi connectivity index (χ0n) is 16.0. The maximum absolute atomic E-state index is 13.3. The highest BCUT2D eigenvalue weighted by Crippen LogP contribution is 2.65. The molecule has 3 amide bonds. The average Bonchev–Trinajstić information content (AvgIpc) is 3.51. The highest BCUT2D eigenvalue weighted by Gasteiger charge is 2.67. The smallest absolute Gasteiger partial charge is 0.471 e. The fraction of sp³-hybridized carbons (Fsp3) is 0.476. The standard InChI is InChI=1S/C21H19F3N2O4/c1-30-11-4-2-10(3-5-11)25(20(29)21(22,23)24)9-26-18(27)16-12-6-7-13(15-8-14(12)15)17(16)19(26)28/h2-7,12-17H,8-9H2,1H3/t12-,13-,14-,15-,16+,17+/m0/s1. The van der Waals surface area contributed by atoms with Crippen molar-refractivity contribution in [1.82, 2.24) is 4.90 Å². The molecule has 2 bridgehead atoms. The molecule has 1 aliphatic heterocycles. The van der Waals surface area contributed by atoms with E-state index in [9.17, 15) is 27.6 Å². The average molecular weight is 420 g/mol. The molecular weight excluding hydrogens is 401 g/mol. The molecule has 4 aliphatic carbocycles. The second-order valence-corrected chi connectivity index (χ2v) is 8.33. The van der Waals surface area contributed by atoms with Crippen LogP contribution < -0.4 is 9.64 Å². The van der Waals surface area contributed by atoms with Crippen molar-refractivity contribution < 1.29 is 32.3 Å². The Morgan fingerprint density at radius 2 is 1.60 bits per heavy atom. The van der Waals surface area contributed by atoms with Gasteiger partial charge < -0.3 is 4.74 Å². The number of anilines is 1. The minimum Gasteiger partial charge on any atom is -0.497 e. The van der Waals surface area contributed by atoms with Gasteiger partial charge in [0.25, 0.3) is 0 Å². The monoisotopic (exact) mass is 420 g/mol. The minimum absolute atomic E-state index is 0.0424. The van der Waals surface area contributed by atoms with Crippen molar-refractivity contribution >= 4 is 23.4 Å². The summed E-state index contributed by atoms with van der Waals surface area (Å²) in [5.41, 5.74) is -0.0717. The molecule has 0 spiro atoms. The predicted octanol–water partition coefficient (Wildman–Crippen LogP) is 2.60. The molecule has 3 fully saturated rings. The number of likely N-dealkylation sites (tertiary alicyclic amines) is 1. The van der Waals surface area contributed by atoms with Crippen molar-refractivity contribution in [3.63, 3.8) is 0 Å². The molecule has 5 aliphatic rings. The largest absolute Gasteiger partial charge is 0.497 e. The van der Waals surface area contributed by atoms with E-state index >= 15 is 0 Å². The fourth-order valence-electron chi connectivity index (χ4n) is 5.48. The number of imide groups is 1. The van der Waals surface area contributed by atoms with Gasteiger partial charge in [-0.3, -0.25) is 24.2 Å². The Morgan fingerprint density at radius 1 is 1.07 bits per heavy atom. The summed E-state index contributed by atoms with van der Waals surface area (Å²) in [5, 5.41) is 0. The van der Waals surface area contributed by atoms with E-state index in [4.69, 9.17) is 4.74 Å². The van der Waals surface area contributed by atoms with Gasteiger partial charge in [0.15, 0.2) is 0 Å². The molecule has 6 atom stereocenters. The number of amides is 3. The zero-order valence-corrected chi connectivity index (χ0v) is 16.0. The molecule has 0 aromatic heterocycles. The Balaban J connectivity index is 1.45. The molecule has 2 saturated carbocycles. The third-order valence-electron chi connectivity index (χ3n) is 6.91. The first-order valence-electron chi connectivity index (χ1n) is 9.78. The van der Waals surface area contributed by atoms with Crippen LogP contribution in [-0.2, 0) is 14.4 Å². The molecular formula is C21H19F3N2O4. The summed E-state index contributed by atoms with van der Waals surface area (Å²) in [6.45, 7) is -0.760. The molecule has 6 nitrogen and oxygen atoms in total. The van der Waals surface area contributed by atoms with E-state index in [0.29, 0.717) is 22.5 Å². The van der Waals surface area contributed by atoms with Crippen molar-refractivity contribution in [3.8, 4) is 5.75 Å². The third kappa shape index (κ3) is 2.67. The molecule has 158 valence electrons. The number of hydrogen-bond acceptors (Lipinski definition) is 4. The van der Waals surface area contributed by atoms with Crippen LogP contribution in [-0.4, -0.2) is 42.6 Å². The van der Waals surface area contributed by atoms with Gasteiger partial charge in [-0.2, -0.15) is 13.2 Å². The summed E-state index contributed by atoms with van der Waals surface area (Å²) >= 11 is 0. The number of carbonyl (C=O) groups is 3. The lowest BCUT2D eigenvalue weighted by atomic mass is 9.63. The van der Waals surface area contributed by atoms with Gasteiger partial charge in [0.1, 0.15) is 12.4 Å². The van der Waals surface area contributed by atoms with E-state index < -0.39 is 42.4 Å². The van der Waals surface area contributed by atoms with Crippen LogP contribution in [0.25, 0.3) is 0 Å². The first kappa shape index (κ1) is 19.1. The number of ether oxygens (including phenoxy) is 1. The van der Waals surface area contributed by atoms with E-state index in [0.717, 1.165) is 11.3 Å². The van der Waals surface area contributed by atoms with E-state index in [-0.39, 0.29) is 17.5 Å². The molecule has 1 aromatic rings. The summed E-state index contributed by atoms with van der Waals surface area (Å²) in [4.78, 5) is 39.6. The lowest BCUT2D eigenvalue weighted by molar-refractivity contribution is -0.171. The Hall–Kier alpha value is -2.84. The highest BCUT2D eigenvalue weighted by atomic mass is 19.4. The van der Waals surface area contributed by atoms with E-state index in [2.05, 4.69) is 0 Å². The summed E-state index contributed by atoms with van der Waals surface area (Å²) in [6, 6.07) is 5.41. The van der Waals surface area contributed by atoms with E-state index in [1.807, 2.05) is 12.2 Å². The molecule has 1 heterocycles. The number of rotatable bonds is 4. The fourth-order valence-corrected chi connectivity index (χ4v) is 5.48. The van der Waals surface area contributed by atoms with Crippen LogP contribution in [0.2, 0.25) is 0 Å². The number of hydrogen-bond donors (Lipinski definition) is 0. The van der Waals surface area contributed by atoms with Crippen molar-refractivity contribution in [1.29, 1.82) is 0 Å². The van der Waals surface area contributed by atoms with Crippen LogP contribution in [0.5, 0.6) is 5.75 Å². The second kappa shape index (κ2) is 6.33. The van der Waals surface area contributed by atoms with Gasteiger partial charge in [0.05, 0.1) is 18.9 Å². The highest BCUT2D eigenvalue weighted by molar-refractivity contribution is 6.07. The molecule has 1 aromatic carbocycles. The summed E-state index contributed by atoms with van der Waals surface area (Å²) < 4.78 is 44.8. The van der Waals surface area contributed by atoms with Gasteiger partial charge in [-0.15, -0.1) is 0 Å². The second-order valence-electron chi connectivity index (χ2n) is 8.33. The van der Waals surface area contributed by atoms with Crippen LogP contribution in [0.15, 0.2) is 36.4 Å². The minimum atomic E-state index is -5.15. The Bertz CT molecular complexity index is 922. The Morgan fingerprint density at radius 3 is 2.07 bits per heavy atom. The normalized spacial score (nSPS) is 33.4. The maximum atomic E-state index is 13.3. The lowest BCUT2D eigenvalue weighted by Gasteiger charge is -2.37. The summed E-state index contributed by atoms with van der Waals surface area (Å²) in [5.74, 6) is -3.08. The molecule has 1 saturated heterocycles. The number of allylic oxidation sites excluding steroid dienone is 2. The van der Waals surface area contributed by atoms with Crippen LogP contribution >= 0.6 is 0 Å². The van der Waals surface area contributed by atoms with E-state index in [1.54, 1.807) is 0 Å². The third-order valence-corrected chi connectivity index (χ3v) is 6.91. The van der Waals surface area contributed by atoms with Crippen LogP contribution in [0, 0.1) is 35.5 Å². The van der Waals surface area contributed by atoms with Crippen molar-refractivity contribution in [3.05, 3.63) is 36.4 Å². The summed E-state index contributed by atoms with van der Waals surface area (Å²) in [6.07, 6.45) is -0.200. The zero-order chi connectivity index (χ0) is 21.4. The molecule has 0 radical (unpaired) electrons. The van der Waals surface area contributed by atoms with Crippen LogP contribution in [0.3, 0.4) is 0 Å². The van der Waals surface area contributed by atoms with Crippen molar-refractivity contribution in [2.24, 2.45) is 35.5 Å². The Labute approximate surface area is 170 Å². The molecule has 6 rings (SSSR count). The number of alkyl halides is 3. The molecule has 9 heteroatoms. The quantitative estimate of drug-likeness (QED) is 0.555.